The largest absolute Gasteiger partial charge is 0.380 e. The molecular formula is C12H16N2O3. The van der Waals surface area contributed by atoms with Gasteiger partial charge in [0, 0.05) is 30.3 Å². The molecule has 0 spiro atoms. The van der Waals surface area contributed by atoms with Crippen LogP contribution < -0.4 is 5.32 Å². The molecule has 2 rings (SSSR count). The molecule has 2 atom stereocenters. The Bertz CT molecular complexity index is 402. The van der Waals surface area contributed by atoms with E-state index in [4.69, 9.17) is 4.74 Å². The van der Waals surface area contributed by atoms with E-state index >= 15 is 0 Å². The van der Waals surface area contributed by atoms with Crippen molar-refractivity contribution < 1.29 is 9.66 Å². The summed E-state index contributed by atoms with van der Waals surface area (Å²) in [5, 5.41) is 14.3. The van der Waals surface area contributed by atoms with Crippen molar-refractivity contribution in [1.82, 2.24) is 5.32 Å². The number of hydrogen-bond donors (Lipinski definition) is 1. The lowest BCUT2D eigenvalue weighted by Gasteiger charge is -2.18. The average Bonchev–Trinajstić information content (AvgIpc) is 2.81. The van der Waals surface area contributed by atoms with Gasteiger partial charge in [0.25, 0.3) is 5.69 Å². The summed E-state index contributed by atoms with van der Waals surface area (Å²) >= 11 is 0. The zero-order valence-corrected chi connectivity index (χ0v) is 9.76. The Hall–Kier alpha value is -1.46. The highest BCUT2D eigenvalue weighted by Crippen LogP contribution is 2.25. The van der Waals surface area contributed by atoms with Crippen LogP contribution in [0.2, 0.25) is 0 Å². The molecule has 0 aromatic heterocycles. The SMILES string of the molecule is CC(NC1CCOC1)c1ccccc1[N+](=O)[O-]. The minimum Gasteiger partial charge on any atom is -0.380 e. The second-order valence-corrected chi connectivity index (χ2v) is 4.26. The van der Waals surface area contributed by atoms with Crippen molar-refractivity contribution in [3.8, 4) is 0 Å². The smallest absolute Gasteiger partial charge is 0.274 e. The number of ether oxygens (including phenoxy) is 1. The molecule has 1 aromatic rings. The molecule has 5 heteroatoms. The molecule has 1 fully saturated rings. The first-order chi connectivity index (χ1) is 8.18. The summed E-state index contributed by atoms with van der Waals surface area (Å²) in [4.78, 5) is 10.6. The molecule has 1 heterocycles. The predicted octanol–water partition coefficient (Wildman–Crippen LogP) is 2.03. The van der Waals surface area contributed by atoms with Crippen LogP contribution in [0, 0.1) is 10.1 Å². The molecule has 0 saturated carbocycles. The lowest BCUT2D eigenvalue weighted by molar-refractivity contribution is -0.385. The van der Waals surface area contributed by atoms with E-state index in [1.807, 2.05) is 13.0 Å². The molecule has 1 aliphatic heterocycles. The third kappa shape index (κ3) is 2.81. The normalized spacial score (nSPS) is 21.4. The first kappa shape index (κ1) is 12.0. The van der Waals surface area contributed by atoms with Gasteiger partial charge in [-0.25, -0.2) is 0 Å². The molecule has 2 unspecified atom stereocenters. The number of nitrogens with zero attached hydrogens (tertiary/aromatic N) is 1. The van der Waals surface area contributed by atoms with E-state index in [1.165, 1.54) is 0 Å². The Morgan fingerprint density at radius 3 is 2.94 bits per heavy atom. The monoisotopic (exact) mass is 236 g/mol. The molecule has 92 valence electrons. The van der Waals surface area contributed by atoms with Crippen molar-refractivity contribution in [1.29, 1.82) is 0 Å². The minimum atomic E-state index is -0.335. The van der Waals surface area contributed by atoms with Crippen LogP contribution >= 0.6 is 0 Å². The summed E-state index contributed by atoms with van der Waals surface area (Å²) in [5.74, 6) is 0. The Labute approximate surface area is 99.9 Å². The number of hydrogen-bond acceptors (Lipinski definition) is 4. The zero-order chi connectivity index (χ0) is 12.3. The Morgan fingerprint density at radius 1 is 1.53 bits per heavy atom. The van der Waals surface area contributed by atoms with Crippen LogP contribution in [0.1, 0.15) is 24.9 Å². The molecular weight excluding hydrogens is 220 g/mol. The fourth-order valence-corrected chi connectivity index (χ4v) is 2.13. The Balaban J connectivity index is 2.12. The van der Waals surface area contributed by atoms with Crippen LogP contribution in [0.5, 0.6) is 0 Å². The lowest BCUT2D eigenvalue weighted by Crippen LogP contribution is -2.31. The first-order valence-corrected chi connectivity index (χ1v) is 5.75. The van der Waals surface area contributed by atoms with E-state index in [1.54, 1.807) is 18.2 Å². The number of para-hydroxylation sites is 1. The second-order valence-electron chi connectivity index (χ2n) is 4.26. The molecule has 1 aliphatic rings. The summed E-state index contributed by atoms with van der Waals surface area (Å²) in [6.45, 7) is 3.40. The van der Waals surface area contributed by atoms with Crippen LogP contribution in [0.25, 0.3) is 0 Å². The summed E-state index contributed by atoms with van der Waals surface area (Å²) in [7, 11) is 0. The van der Waals surface area contributed by atoms with Crippen LogP contribution in [0.4, 0.5) is 5.69 Å². The van der Waals surface area contributed by atoms with Gasteiger partial charge in [0.05, 0.1) is 11.5 Å². The minimum absolute atomic E-state index is 0.0386. The molecule has 1 saturated heterocycles. The molecule has 5 nitrogen and oxygen atoms in total. The molecule has 1 N–H and O–H groups in total. The third-order valence-corrected chi connectivity index (χ3v) is 3.02. The molecule has 17 heavy (non-hydrogen) atoms. The van der Waals surface area contributed by atoms with Gasteiger partial charge in [-0.05, 0) is 13.3 Å². The van der Waals surface area contributed by atoms with Gasteiger partial charge in [0.2, 0.25) is 0 Å². The summed E-state index contributed by atoms with van der Waals surface area (Å²) in [6, 6.07) is 7.11. The predicted molar refractivity (Wildman–Crippen MR) is 63.9 cm³/mol. The highest BCUT2D eigenvalue weighted by atomic mass is 16.6. The van der Waals surface area contributed by atoms with E-state index in [9.17, 15) is 10.1 Å². The van der Waals surface area contributed by atoms with Crippen molar-refractivity contribution in [2.45, 2.75) is 25.4 Å². The molecule has 1 aromatic carbocycles. The Kier molecular flexibility index (Phi) is 3.71. The van der Waals surface area contributed by atoms with E-state index < -0.39 is 0 Å². The van der Waals surface area contributed by atoms with E-state index in [0.717, 1.165) is 18.6 Å². The van der Waals surface area contributed by atoms with E-state index in [-0.39, 0.29) is 16.7 Å². The highest BCUT2D eigenvalue weighted by Gasteiger charge is 2.22. The number of nitro groups is 1. The second kappa shape index (κ2) is 5.25. The zero-order valence-electron chi connectivity index (χ0n) is 9.76. The quantitative estimate of drug-likeness (QED) is 0.641. The topological polar surface area (TPSA) is 64.4 Å². The van der Waals surface area contributed by atoms with Gasteiger partial charge in [-0.1, -0.05) is 18.2 Å². The van der Waals surface area contributed by atoms with Gasteiger partial charge in [-0.2, -0.15) is 0 Å². The standard InChI is InChI=1S/C12H16N2O3/c1-9(13-10-6-7-17-8-10)11-4-2-3-5-12(11)14(15)16/h2-5,9-10,13H,6-8H2,1H3. The van der Waals surface area contributed by atoms with Crippen molar-refractivity contribution in [3.05, 3.63) is 39.9 Å². The number of benzene rings is 1. The summed E-state index contributed by atoms with van der Waals surface area (Å²) in [6.07, 6.45) is 0.963. The van der Waals surface area contributed by atoms with Crippen LogP contribution in [-0.4, -0.2) is 24.2 Å². The van der Waals surface area contributed by atoms with Gasteiger partial charge in [-0.15, -0.1) is 0 Å². The van der Waals surface area contributed by atoms with Crippen molar-refractivity contribution in [2.75, 3.05) is 13.2 Å². The van der Waals surface area contributed by atoms with Gasteiger partial charge >= 0.3 is 0 Å². The molecule has 0 radical (unpaired) electrons. The molecule has 0 amide bonds. The van der Waals surface area contributed by atoms with Gasteiger partial charge in [-0.3, -0.25) is 10.1 Å². The fraction of sp³-hybridized carbons (Fsp3) is 0.500. The Morgan fingerprint density at radius 2 is 2.29 bits per heavy atom. The van der Waals surface area contributed by atoms with Crippen LogP contribution in [0.15, 0.2) is 24.3 Å². The lowest BCUT2D eigenvalue weighted by atomic mass is 10.1. The fourth-order valence-electron chi connectivity index (χ4n) is 2.13. The number of nitro benzene ring substituents is 1. The molecule has 0 bridgehead atoms. The summed E-state index contributed by atoms with van der Waals surface area (Å²) in [5.41, 5.74) is 0.899. The van der Waals surface area contributed by atoms with Crippen molar-refractivity contribution in [2.24, 2.45) is 0 Å². The van der Waals surface area contributed by atoms with Crippen molar-refractivity contribution >= 4 is 5.69 Å². The van der Waals surface area contributed by atoms with E-state index in [2.05, 4.69) is 5.32 Å². The third-order valence-electron chi connectivity index (χ3n) is 3.02. The number of nitrogens with one attached hydrogen (secondary N) is 1. The van der Waals surface area contributed by atoms with Gasteiger partial charge in [0.15, 0.2) is 0 Å². The first-order valence-electron chi connectivity index (χ1n) is 5.75. The number of rotatable bonds is 4. The highest BCUT2D eigenvalue weighted by molar-refractivity contribution is 5.41. The van der Waals surface area contributed by atoms with E-state index in [0.29, 0.717) is 12.6 Å². The van der Waals surface area contributed by atoms with Crippen molar-refractivity contribution in [3.63, 3.8) is 0 Å². The van der Waals surface area contributed by atoms with Gasteiger partial charge in [0.1, 0.15) is 0 Å². The van der Waals surface area contributed by atoms with Gasteiger partial charge < -0.3 is 10.1 Å². The van der Waals surface area contributed by atoms with Crippen LogP contribution in [0.3, 0.4) is 0 Å². The van der Waals surface area contributed by atoms with Crippen LogP contribution in [-0.2, 0) is 4.74 Å². The summed E-state index contributed by atoms with van der Waals surface area (Å²) < 4.78 is 5.28. The average molecular weight is 236 g/mol. The maximum Gasteiger partial charge on any atom is 0.274 e. The maximum absolute atomic E-state index is 10.9. The maximum atomic E-state index is 10.9. The molecule has 0 aliphatic carbocycles.